The van der Waals surface area contributed by atoms with E-state index < -0.39 is 11.6 Å². The van der Waals surface area contributed by atoms with Crippen LogP contribution in [0.1, 0.15) is 37.5 Å². The molecular formula is C17H24O5. The Kier molecular flexibility index (Phi) is 4.16. The molecule has 2 aliphatic rings. The minimum atomic E-state index is -0.975. The lowest BCUT2D eigenvalue weighted by atomic mass is 9.99. The predicted molar refractivity (Wildman–Crippen MR) is 80.9 cm³/mol. The molecule has 1 aromatic rings. The molecule has 22 heavy (non-hydrogen) atoms. The molecule has 0 radical (unpaired) electrons. The zero-order chi connectivity index (χ0) is 15.8. The Labute approximate surface area is 131 Å². The molecule has 2 aliphatic heterocycles. The van der Waals surface area contributed by atoms with Crippen molar-refractivity contribution in [2.24, 2.45) is 0 Å². The highest BCUT2D eigenvalue weighted by atomic mass is 16.8. The number of fused-ring (bicyclic) bond motifs is 1. The Hall–Kier alpha value is -1.14. The average molecular weight is 308 g/mol. The first-order valence-corrected chi connectivity index (χ1v) is 7.69. The summed E-state index contributed by atoms with van der Waals surface area (Å²) in [6.07, 6.45) is 1.89. The molecule has 3 unspecified atom stereocenters. The van der Waals surface area contributed by atoms with E-state index in [1.54, 1.807) is 14.2 Å². The van der Waals surface area contributed by atoms with Crippen molar-refractivity contribution in [3.63, 3.8) is 0 Å². The van der Waals surface area contributed by atoms with Gasteiger partial charge in [0.05, 0.1) is 13.2 Å². The van der Waals surface area contributed by atoms with E-state index in [4.69, 9.17) is 23.7 Å². The van der Waals surface area contributed by atoms with Crippen LogP contribution in [0.25, 0.3) is 0 Å². The van der Waals surface area contributed by atoms with E-state index in [1.165, 1.54) is 5.56 Å². The van der Waals surface area contributed by atoms with Crippen molar-refractivity contribution in [3.8, 4) is 5.75 Å². The first-order chi connectivity index (χ1) is 10.5. The molecule has 1 fully saturated rings. The van der Waals surface area contributed by atoms with Gasteiger partial charge in [0.25, 0.3) is 0 Å². The van der Waals surface area contributed by atoms with Crippen molar-refractivity contribution >= 4 is 0 Å². The highest BCUT2D eigenvalue weighted by molar-refractivity contribution is 5.39. The van der Waals surface area contributed by atoms with Gasteiger partial charge in [-0.25, -0.2) is 0 Å². The fourth-order valence-corrected chi connectivity index (χ4v) is 3.00. The summed E-state index contributed by atoms with van der Waals surface area (Å²) in [5.41, 5.74) is 2.30. The second-order valence-electron chi connectivity index (χ2n) is 6.04. The first kappa shape index (κ1) is 15.7. The van der Waals surface area contributed by atoms with Gasteiger partial charge in [-0.3, -0.25) is 0 Å². The van der Waals surface area contributed by atoms with Crippen LogP contribution in [0.15, 0.2) is 18.2 Å². The van der Waals surface area contributed by atoms with Gasteiger partial charge in [-0.2, -0.15) is 0 Å². The Morgan fingerprint density at radius 2 is 1.91 bits per heavy atom. The highest BCUT2D eigenvalue weighted by Gasteiger charge is 2.53. The van der Waals surface area contributed by atoms with E-state index in [1.807, 2.05) is 26.0 Å². The molecule has 0 bridgehead atoms. The van der Waals surface area contributed by atoms with Gasteiger partial charge in [-0.1, -0.05) is 6.07 Å². The predicted octanol–water partition coefficient (Wildman–Crippen LogP) is 2.82. The SMILES string of the molecule is COC1(C)OCC(c2ccc3c(c2)CCCO3)OC1(C)OC. The molecule has 0 spiro atoms. The molecule has 1 aromatic carbocycles. The lowest BCUT2D eigenvalue weighted by molar-refractivity contribution is -0.433. The van der Waals surface area contributed by atoms with Crippen molar-refractivity contribution in [3.05, 3.63) is 29.3 Å². The topological polar surface area (TPSA) is 46.2 Å². The molecule has 3 rings (SSSR count). The summed E-state index contributed by atoms with van der Waals surface area (Å²) >= 11 is 0. The summed E-state index contributed by atoms with van der Waals surface area (Å²) < 4.78 is 28.8. The molecule has 0 N–H and O–H groups in total. The molecule has 5 heteroatoms. The van der Waals surface area contributed by atoms with E-state index in [0.717, 1.165) is 30.8 Å². The van der Waals surface area contributed by atoms with Gasteiger partial charge in [-0.05, 0) is 49.9 Å². The third-order valence-corrected chi connectivity index (χ3v) is 4.79. The van der Waals surface area contributed by atoms with Gasteiger partial charge in [0, 0.05) is 14.2 Å². The van der Waals surface area contributed by atoms with Crippen LogP contribution in [0, 0.1) is 0 Å². The average Bonchev–Trinajstić information content (AvgIpc) is 2.57. The summed E-state index contributed by atoms with van der Waals surface area (Å²) in [5.74, 6) is -0.935. The van der Waals surface area contributed by atoms with Crippen molar-refractivity contribution < 1.29 is 23.7 Å². The molecule has 0 aliphatic carbocycles. The number of rotatable bonds is 3. The number of hydrogen-bond donors (Lipinski definition) is 0. The molecule has 5 nitrogen and oxygen atoms in total. The Morgan fingerprint density at radius 3 is 2.64 bits per heavy atom. The van der Waals surface area contributed by atoms with E-state index in [2.05, 4.69) is 6.07 Å². The van der Waals surface area contributed by atoms with Crippen molar-refractivity contribution in [1.82, 2.24) is 0 Å². The molecule has 122 valence electrons. The highest BCUT2D eigenvalue weighted by Crippen LogP contribution is 2.42. The van der Waals surface area contributed by atoms with Crippen molar-refractivity contribution in [2.75, 3.05) is 27.4 Å². The molecule has 0 aromatic heterocycles. The van der Waals surface area contributed by atoms with Crippen molar-refractivity contribution in [1.29, 1.82) is 0 Å². The lowest BCUT2D eigenvalue weighted by Crippen LogP contribution is -2.60. The Morgan fingerprint density at radius 1 is 1.14 bits per heavy atom. The van der Waals surface area contributed by atoms with Crippen LogP contribution in [-0.4, -0.2) is 39.0 Å². The van der Waals surface area contributed by atoms with Crippen LogP contribution in [0.4, 0.5) is 0 Å². The fourth-order valence-electron chi connectivity index (χ4n) is 3.00. The molecule has 3 atom stereocenters. The number of hydrogen-bond acceptors (Lipinski definition) is 5. The van der Waals surface area contributed by atoms with Gasteiger partial charge in [0.15, 0.2) is 0 Å². The summed E-state index contributed by atoms with van der Waals surface area (Å²) in [4.78, 5) is 0. The maximum atomic E-state index is 6.19. The summed E-state index contributed by atoms with van der Waals surface area (Å²) in [6, 6.07) is 6.19. The lowest BCUT2D eigenvalue weighted by Gasteiger charge is -2.49. The zero-order valence-corrected chi connectivity index (χ0v) is 13.7. The maximum Gasteiger partial charge on any atom is 0.220 e. The van der Waals surface area contributed by atoms with Gasteiger partial charge in [-0.15, -0.1) is 0 Å². The van der Waals surface area contributed by atoms with E-state index in [0.29, 0.717) is 6.61 Å². The van der Waals surface area contributed by atoms with Gasteiger partial charge in [0.1, 0.15) is 11.9 Å². The monoisotopic (exact) mass is 308 g/mol. The number of benzene rings is 1. The van der Waals surface area contributed by atoms with Crippen LogP contribution in [0.2, 0.25) is 0 Å². The minimum Gasteiger partial charge on any atom is -0.493 e. The third-order valence-electron chi connectivity index (χ3n) is 4.79. The molecule has 0 saturated carbocycles. The van der Waals surface area contributed by atoms with Gasteiger partial charge in [0.2, 0.25) is 11.6 Å². The Balaban J connectivity index is 1.85. The number of methoxy groups -OCH3 is 2. The van der Waals surface area contributed by atoms with E-state index in [9.17, 15) is 0 Å². The summed E-state index contributed by atoms with van der Waals surface area (Å²) in [6.45, 7) is 4.88. The van der Waals surface area contributed by atoms with Gasteiger partial charge >= 0.3 is 0 Å². The quantitative estimate of drug-likeness (QED) is 0.859. The summed E-state index contributed by atoms with van der Waals surface area (Å²) in [7, 11) is 3.20. The second kappa shape index (κ2) is 5.81. The van der Waals surface area contributed by atoms with E-state index in [-0.39, 0.29) is 6.10 Å². The van der Waals surface area contributed by atoms with Crippen LogP contribution in [0.3, 0.4) is 0 Å². The summed E-state index contributed by atoms with van der Waals surface area (Å²) in [5, 5.41) is 0. The van der Waals surface area contributed by atoms with Crippen molar-refractivity contribution in [2.45, 2.75) is 44.4 Å². The first-order valence-electron chi connectivity index (χ1n) is 7.69. The Bertz CT molecular complexity index is 546. The van der Waals surface area contributed by atoms with Crippen LogP contribution in [-0.2, 0) is 25.4 Å². The molecule has 2 heterocycles. The molecule has 0 amide bonds. The van der Waals surface area contributed by atoms with E-state index >= 15 is 0 Å². The minimum absolute atomic E-state index is 0.194. The standard InChI is InChI=1S/C17H24O5/c1-16(18-3)17(2,19-4)22-15(11-21-16)13-7-8-14-12(10-13)6-5-9-20-14/h7-8,10,15H,5-6,9,11H2,1-4H3. The molecular weight excluding hydrogens is 284 g/mol. The van der Waals surface area contributed by atoms with Crippen LogP contribution in [0.5, 0.6) is 5.75 Å². The second-order valence-corrected chi connectivity index (χ2v) is 6.04. The van der Waals surface area contributed by atoms with Gasteiger partial charge < -0.3 is 23.7 Å². The molecule has 1 saturated heterocycles. The fraction of sp³-hybridized carbons (Fsp3) is 0.647. The zero-order valence-electron chi connectivity index (χ0n) is 13.7. The maximum absolute atomic E-state index is 6.19. The largest absolute Gasteiger partial charge is 0.493 e. The van der Waals surface area contributed by atoms with Crippen LogP contribution >= 0.6 is 0 Å². The smallest absolute Gasteiger partial charge is 0.220 e. The third kappa shape index (κ3) is 2.52. The van der Waals surface area contributed by atoms with Crippen LogP contribution < -0.4 is 4.74 Å². The number of ether oxygens (including phenoxy) is 5. The number of aryl methyl sites for hydroxylation is 1. The normalized spacial score (nSPS) is 34.8.